The van der Waals surface area contributed by atoms with Gasteiger partial charge in [0.25, 0.3) is 0 Å². The van der Waals surface area contributed by atoms with Gasteiger partial charge in [-0.3, -0.25) is 4.79 Å². The number of nitrogens with one attached hydrogen (secondary N) is 2. The summed E-state index contributed by atoms with van der Waals surface area (Å²) in [6, 6.07) is 25.3. The largest absolute Gasteiger partial charge is 0.492 e. The monoisotopic (exact) mass is 330 g/mol. The third-order valence-electron chi connectivity index (χ3n) is 4.23. The summed E-state index contributed by atoms with van der Waals surface area (Å²) < 4.78 is 5.58. The second-order valence-electron chi connectivity index (χ2n) is 5.96. The topological polar surface area (TPSA) is 50.4 Å². The fourth-order valence-electron chi connectivity index (χ4n) is 2.93. The quantitative estimate of drug-likeness (QED) is 0.738. The maximum Gasteiger partial charge on any atom is 0.235 e. The van der Waals surface area contributed by atoms with Gasteiger partial charge in [0.05, 0.1) is 0 Å². The van der Waals surface area contributed by atoms with E-state index in [4.69, 9.17) is 4.74 Å². The first-order valence-electron chi connectivity index (χ1n) is 8.24. The Kier molecular flexibility index (Phi) is 4.09. The molecule has 4 heteroatoms. The fourth-order valence-corrected chi connectivity index (χ4v) is 2.93. The van der Waals surface area contributed by atoms with Gasteiger partial charge in [-0.15, -0.1) is 0 Å². The molecule has 3 aromatic rings. The molecule has 0 fully saturated rings. The molecule has 0 saturated heterocycles. The molecule has 4 rings (SSSR count). The summed E-state index contributed by atoms with van der Waals surface area (Å²) in [5.74, 6) is 0.483. The van der Waals surface area contributed by atoms with Gasteiger partial charge in [0.2, 0.25) is 5.91 Å². The Morgan fingerprint density at radius 1 is 0.800 bits per heavy atom. The minimum atomic E-state index is -0.265. The molecule has 3 aromatic carbocycles. The van der Waals surface area contributed by atoms with Gasteiger partial charge < -0.3 is 15.4 Å². The Hall–Kier alpha value is -3.27. The average Bonchev–Trinajstić information content (AvgIpc) is 3.08. The number of hydrogen-bond acceptors (Lipinski definition) is 3. The molecule has 1 aliphatic rings. The Bertz CT molecular complexity index is 876. The normalized spacial score (nSPS) is 15.1. The van der Waals surface area contributed by atoms with Crippen LogP contribution in [0.3, 0.4) is 0 Å². The molecule has 0 aromatic heterocycles. The number of carbonyl (C=O) groups is 1. The van der Waals surface area contributed by atoms with Gasteiger partial charge >= 0.3 is 0 Å². The zero-order chi connectivity index (χ0) is 17.1. The van der Waals surface area contributed by atoms with E-state index in [1.165, 1.54) is 0 Å². The van der Waals surface area contributed by atoms with E-state index in [2.05, 4.69) is 10.6 Å². The van der Waals surface area contributed by atoms with Crippen LogP contribution in [-0.4, -0.2) is 12.5 Å². The van der Waals surface area contributed by atoms with Gasteiger partial charge in [-0.1, -0.05) is 36.4 Å². The van der Waals surface area contributed by atoms with Crippen molar-refractivity contribution in [3.05, 3.63) is 84.4 Å². The molecule has 25 heavy (non-hydrogen) atoms. The predicted octanol–water partition coefficient (Wildman–Crippen LogP) is 4.54. The second-order valence-corrected chi connectivity index (χ2v) is 5.96. The van der Waals surface area contributed by atoms with Gasteiger partial charge in [-0.05, 0) is 42.5 Å². The van der Waals surface area contributed by atoms with Crippen LogP contribution >= 0.6 is 0 Å². The van der Waals surface area contributed by atoms with Crippen molar-refractivity contribution < 1.29 is 9.53 Å². The zero-order valence-electron chi connectivity index (χ0n) is 13.6. The highest BCUT2D eigenvalue weighted by Gasteiger charge is 2.29. The number of para-hydroxylation sites is 2. The van der Waals surface area contributed by atoms with Crippen molar-refractivity contribution in [3.63, 3.8) is 0 Å². The lowest BCUT2D eigenvalue weighted by atomic mass is 10.0. The van der Waals surface area contributed by atoms with Gasteiger partial charge in [0.1, 0.15) is 18.3 Å². The first-order valence-corrected chi connectivity index (χ1v) is 8.24. The van der Waals surface area contributed by atoms with E-state index in [1.807, 2.05) is 78.9 Å². The average molecular weight is 330 g/mol. The highest BCUT2D eigenvalue weighted by atomic mass is 16.5. The van der Waals surface area contributed by atoms with Gasteiger partial charge in [0, 0.05) is 22.6 Å². The minimum absolute atomic E-state index is 0.0475. The highest BCUT2D eigenvalue weighted by molar-refractivity contribution is 5.97. The second kappa shape index (κ2) is 6.69. The number of fused-ring (bicyclic) bond motifs is 1. The maximum atomic E-state index is 12.5. The SMILES string of the molecule is O=C(Nc1ccc(Nc2ccccc2)cc1)C1COc2ccccc21. The molecule has 0 aliphatic carbocycles. The van der Waals surface area contributed by atoms with Crippen molar-refractivity contribution in [1.82, 2.24) is 0 Å². The van der Waals surface area contributed by atoms with Crippen LogP contribution in [0.5, 0.6) is 5.75 Å². The molecule has 0 spiro atoms. The van der Waals surface area contributed by atoms with E-state index in [1.54, 1.807) is 0 Å². The highest BCUT2D eigenvalue weighted by Crippen LogP contribution is 2.34. The molecule has 1 amide bonds. The molecule has 1 unspecified atom stereocenters. The number of amides is 1. The van der Waals surface area contributed by atoms with Crippen LogP contribution in [0.2, 0.25) is 0 Å². The smallest absolute Gasteiger partial charge is 0.235 e. The molecule has 1 atom stereocenters. The Balaban J connectivity index is 1.42. The number of anilines is 3. The standard InChI is InChI=1S/C21H18N2O2/c24-21(19-14-25-20-9-5-4-8-18(19)20)23-17-12-10-16(11-13-17)22-15-6-2-1-3-7-15/h1-13,19,22H,14H2,(H,23,24). The number of rotatable bonds is 4. The summed E-state index contributed by atoms with van der Waals surface area (Å²) in [4.78, 5) is 12.5. The van der Waals surface area contributed by atoms with E-state index in [0.717, 1.165) is 28.4 Å². The van der Waals surface area contributed by atoms with Crippen LogP contribution in [0, 0.1) is 0 Å². The summed E-state index contributed by atoms with van der Waals surface area (Å²) in [5.41, 5.74) is 3.72. The van der Waals surface area contributed by atoms with Crippen LogP contribution in [0.15, 0.2) is 78.9 Å². The van der Waals surface area contributed by atoms with Gasteiger partial charge in [-0.2, -0.15) is 0 Å². The lowest BCUT2D eigenvalue weighted by molar-refractivity contribution is -0.117. The molecule has 1 heterocycles. The van der Waals surface area contributed by atoms with Crippen LogP contribution in [-0.2, 0) is 4.79 Å². The predicted molar refractivity (Wildman–Crippen MR) is 99.5 cm³/mol. The molecule has 0 radical (unpaired) electrons. The summed E-state index contributed by atoms with van der Waals surface area (Å²) in [7, 11) is 0. The van der Waals surface area contributed by atoms with E-state index >= 15 is 0 Å². The van der Waals surface area contributed by atoms with Gasteiger partial charge in [0.15, 0.2) is 0 Å². The molecule has 1 aliphatic heterocycles. The van der Waals surface area contributed by atoms with Crippen LogP contribution in [0.25, 0.3) is 0 Å². The number of benzene rings is 3. The molecular weight excluding hydrogens is 312 g/mol. The van der Waals surface area contributed by atoms with Crippen molar-refractivity contribution in [2.75, 3.05) is 17.2 Å². The molecule has 0 saturated carbocycles. The molecule has 4 nitrogen and oxygen atoms in total. The van der Waals surface area contributed by atoms with E-state index < -0.39 is 0 Å². The first-order chi connectivity index (χ1) is 12.3. The van der Waals surface area contributed by atoms with Crippen molar-refractivity contribution >= 4 is 23.0 Å². The van der Waals surface area contributed by atoms with Crippen molar-refractivity contribution in [3.8, 4) is 5.75 Å². The molecule has 2 N–H and O–H groups in total. The number of hydrogen-bond donors (Lipinski definition) is 2. The van der Waals surface area contributed by atoms with Crippen LogP contribution in [0.1, 0.15) is 11.5 Å². The van der Waals surface area contributed by atoms with Crippen molar-refractivity contribution in [2.24, 2.45) is 0 Å². The van der Waals surface area contributed by atoms with Crippen molar-refractivity contribution in [1.29, 1.82) is 0 Å². The Morgan fingerprint density at radius 2 is 1.44 bits per heavy atom. The number of ether oxygens (including phenoxy) is 1. The lowest BCUT2D eigenvalue weighted by Gasteiger charge is -2.11. The summed E-state index contributed by atoms with van der Waals surface area (Å²) in [5, 5.41) is 6.29. The lowest BCUT2D eigenvalue weighted by Crippen LogP contribution is -2.22. The maximum absolute atomic E-state index is 12.5. The summed E-state index contributed by atoms with van der Waals surface area (Å²) in [6.45, 7) is 0.388. The summed E-state index contributed by atoms with van der Waals surface area (Å²) in [6.07, 6.45) is 0. The number of carbonyl (C=O) groups excluding carboxylic acids is 1. The Labute approximate surface area is 146 Å². The first kappa shape index (κ1) is 15.3. The Morgan fingerprint density at radius 3 is 2.24 bits per heavy atom. The van der Waals surface area contributed by atoms with Crippen LogP contribution < -0.4 is 15.4 Å². The van der Waals surface area contributed by atoms with E-state index in [9.17, 15) is 4.79 Å². The fraction of sp³-hybridized carbons (Fsp3) is 0.0952. The summed E-state index contributed by atoms with van der Waals surface area (Å²) >= 11 is 0. The zero-order valence-corrected chi connectivity index (χ0v) is 13.6. The minimum Gasteiger partial charge on any atom is -0.492 e. The molecule has 0 bridgehead atoms. The molecule has 124 valence electrons. The van der Waals surface area contributed by atoms with Gasteiger partial charge in [-0.25, -0.2) is 0 Å². The van der Waals surface area contributed by atoms with Crippen LogP contribution in [0.4, 0.5) is 17.1 Å². The molecular formula is C21H18N2O2. The van der Waals surface area contributed by atoms with E-state index in [0.29, 0.717) is 6.61 Å². The third kappa shape index (κ3) is 3.33. The van der Waals surface area contributed by atoms with E-state index in [-0.39, 0.29) is 11.8 Å². The third-order valence-corrected chi connectivity index (χ3v) is 4.23. The van der Waals surface area contributed by atoms with Crippen molar-refractivity contribution in [2.45, 2.75) is 5.92 Å².